The van der Waals surface area contributed by atoms with Crippen molar-refractivity contribution in [1.82, 2.24) is 5.32 Å². The number of nitrogens with one attached hydrogen (secondary N) is 1. The molecule has 0 saturated carbocycles. The van der Waals surface area contributed by atoms with Gasteiger partial charge in [0.05, 0.1) is 12.7 Å². The minimum atomic E-state index is -0.210. The summed E-state index contributed by atoms with van der Waals surface area (Å²) in [4.78, 5) is 0. The van der Waals surface area contributed by atoms with Gasteiger partial charge in [-0.2, -0.15) is 0 Å². The van der Waals surface area contributed by atoms with Crippen LogP contribution >= 0.6 is 0 Å². The van der Waals surface area contributed by atoms with Gasteiger partial charge in [0, 0.05) is 19.8 Å². The lowest BCUT2D eigenvalue weighted by Gasteiger charge is -2.25. The molecule has 1 saturated heterocycles. The average Bonchev–Trinajstić information content (AvgIpc) is 2.48. The van der Waals surface area contributed by atoms with Gasteiger partial charge in [-0.3, -0.25) is 0 Å². The Morgan fingerprint density at radius 2 is 2.20 bits per heavy atom. The van der Waals surface area contributed by atoms with Gasteiger partial charge in [-0.15, -0.1) is 0 Å². The fraction of sp³-hybridized carbons (Fsp3) is 0.625. The van der Waals surface area contributed by atoms with E-state index in [-0.39, 0.29) is 11.9 Å². The first-order chi connectivity index (χ1) is 9.79. The second-order valence-corrected chi connectivity index (χ2v) is 5.24. The number of rotatable bonds is 7. The van der Waals surface area contributed by atoms with Gasteiger partial charge in [0.2, 0.25) is 0 Å². The van der Waals surface area contributed by atoms with Gasteiger partial charge in [0.15, 0.2) is 0 Å². The monoisotopic (exact) mass is 281 g/mol. The number of hydrogen-bond donors (Lipinski definition) is 1. The standard InChI is InChI=1S/C16H24FNO2/c1-2-18-11-16(14-4-3-5-15(17)10-14)20-12-13-6-8-19-9-7-13/h3-5,10,13,16,18H,2,6-9,11-12H2,1H3. The van der Waals surface area contributed by atoms with E-state index >= 15 is 0 Å². The maximum absolute atomic E-state index is 13.4. The Morgan fingerprint density at radius 3 is 2.90 bits per heavy atom. The van der Waals surface area contributed by atoms with Gasteiger partial charge in [-0.05, 0) is 43.0 Å². The molecule has 1 aromatic rings. The first-order valence-electron chi connectivity index (χ1n) is 7.45. The Morgan fingerprint density at radius 1 is 1.40 bits per heavy atom. The van der Waals surface area contributed by atoms with E-state index in [1.807, 2.05) is 6.07 Å². The van der Waals surface area contributed by atoms with Crippen molar-refractivity contribution in [1.29, 1.82) is 0 Å². The van der Waals surface area contributed by atoms with Crippen LogP contribution in [0.25, 0.3) is 0 Å². The number of ether oxygens (including phenoxy) is 2. The predicted octanol–water partition coefficient (Wildman–Crippen LogP) is 2.92. The smallest absolute Gasteiger partial charge is 0.123 e. The number of benzene rings is 1. The van der Waals surface area contributed by atoms with Crippen LogP contribution in [-0.4, -0.2) is 32.9 Å². The topological polar surface area (TPSA) is 30.5 Å². The van der Waals surface area contributed by atoms with Gasteiger partial charge in [0.25, 0.3) is 0 Å². The van der Waals surface area contributed by atoms with Crippen LogP contribution in [0.5, 0.6) is 0 Å². The Bertz CT molecular complexity index is 394. The molecular weight excluding hydrogens is 257 g/mol. The summed E-state index contributed by atoms with van der Waals surface area (Å²) in [6.07, 6.45) is 2.02. The lowest BCUT2D eigenvalue weighted by Crippen LogP contribution is -2.26. The lowest BCUT2D eigenvalue weighted by atomic mass is 10.0. The molecule has 1 fully saturated rings. The Balaban J connectivity index is 1.92. The number of hydrogen-bond acceptors (Lipinski definition) is 3. The quantitative estimate of drug-likeness (QED) is 0.833. The molecule has 1 aliphatic rings. The molecular formula is C16H24FNO2. The largest absolute Gasteiger partial charge is 0.381 e. The van der Waals surface area contributed by atoms with Gasteiger partial charge in [-0.1, -0.05) is 19.1 Å². The zero-order valence-corrected chi connectivity index (χ0v) is 12.1. The summed E-state index contributed by atoms with van der Waals surface area (Å²) >= 11 is 0. The minimum absolute atomic E-state index is 0.0894. The Kier molecular flexibility index (Phi) is 6.43. The molecule has 0 radical (unpaired) electrons. The molecule has 1 aliphatic heterocycles. The maximum atomic E-state index is 13.4. The van der Waals surface area contributed by atoms with Crippen molar-refractivity contribution in [2.24, 2.45) is 5.92 Å². The molecule has 4 heteroatoms. The van der Waals surface area contributed by atoms with Crippen LogP contribution in [0.4, 0.5) is 4.39 Å². The van der Waals surface area contributed by atoms with Crippen molar-refractivity contribution >= 4 is 0 Å². The van der Waals surface area contributed by atoms with Gasteiger partial charge in [0.1, 0.15) is 5.82 Å². The molecule has 1 N–H and O–H groups in total. The summed E-state index contributed by atoms with van der Waals surface area (Å²) in [5, 5.41) is 3.28. The van der Waals surface area contributed by atoms with Crippen molar-refractivity contribution in [2.45, 2.75) is 25.9 Å². The van der Waals surface area contributed by atoms with Crippen LogP contribution in [0.3, 0.4) is 0 Å². The average molecular weight is 281 g/mol. The molecule has 20 heavy (non-hydrogen) atoms. The highest BCUT2D eigenvalue weighted by Crippen LogP contribution is 2.22. The maximum Gasteiger partial charge on any atom is 0.123 e. The Labute approximate surface area is 120 Å². The molecule has 1 aromatic carbocycles. The normalized spacial score (nSPS) is 18.1. The highest BCUT2D eigenvalue weighted by Gasteiger charge is 2.18. The first kappa shape index (κ1) is 15.4. The van der Waals surface area contributed by atoms with E-state index in [4.69, 9.17) is 9.47 Å². The van der Waals surface area contributed by atoms with E-state index in [2.05, 4.69) is 12.2 Å². The SMILES string of the molecule is CCNCC(OCC1CCOCC1)c1cccc(F)c1. The second kappa shape index (κ2) is 8.35. The van der Waals surface area contributed by atoms with E-state index in [1.165, 1.54) is 6.07 Å². The molecule has 1 atom stereocenters. The third-order valence-electron chi connectivity index (χ3n) is 3.67. The zero-order valence-electron chi connectivity index (χ0n) is 12.1. The van der Waals surface area contributed by atoms with E-state index in [0.717, 1.165) is 44.8 Å². The first-order valence-corrected chi connectivity index (χ1v) is 7.45. The van der Waals surface area contributed by atoms with E-state index in [0.29, 0.717) is 12.5 Å². The van der Waals surface area contributed by atoms with Crippen LogP contribution in [0.1, 0.15) is 31.4 Å². The molecule has 3 nitrogen and oxygen atoms in total. The highest BCUT2D eigenvalue weighted by atomic mass is 19.1. The fourth-order valence-electron chi connectivity index (χ4n) is 2.42. The molecule has 0 aromatic heterocycles. The third-order valence-corrected chi connectivity index (χ3v) is 3.67. The summed E-state index contributed by atoms with van der Waals surface area (Å²) in [6, 6.07) is 6.69. The zero-order chi connectivity index (χ0) is 14.2. The minimum Gasteiger partial charge on any atom is -0.381 e. The summed E-state index contributed by atoms with van der Waals surface area (Å²) in [6.45, 7) is 6.02. The predicted molar refractivity (Wildman–Crippen MR) is 77.2 cm³/mol. The molecule has 1 unspecified atom stereocenters. The van der Waals surface area contributed by atoms with Crippen LogP contribution in [-0.2, 0) is 9.47 Å². The molecule has 2 rings (SSSR count). The van der Waals surface area contributed by atoms with Crippen LogP contribution in [0.15, 0.2) is 24.3 Å². The summed E-state index contributed by atoms with van der Waals surface area (Å²) in [7, 11) is 0. The lowest BCUT2D eigenvalue weighted by molar-refractivity contribution is -0.0113. The summed E-state index contributed by atoms with van der Waals surface area (Å²) in [5.41, 5.74) is 0.901. The van der Waals surface area contributed by atoms with Crippen molar-refractivity contribution in [3.8, 4) is 0 Å². The van der Waals surface area contributed by atoms with Crippen LogP contribution < -0.4 is 5.32 Å². The fourth-order valence-corrected chi connectivity index (χ4v) is 2.42. The number of likely N-dealkylation sites (N-methyl/N-ethyl adjacent to an activating group) is 1. The highest BCUT2D eigenvalue weighted by molar-refractivity contribution is 5.19. The number of halogens is 1. The van der Waals surface area contributed by atoms with Crippen molar-refractivity contribution in [3.63, 3.8) is 0 Å². The van der Waals surface area contributed by atoms with Crippen LogP contribution in [0.2, 0.25) is 0 Å². The van der Waals surface area contributed by atoms with Crippen LogP contribution in [0, 0.1) is 11.7 Å². The summed E-state index contributed by atoms with van der Waals surface area (Å²) in [5.74, 6) is 0.347. The third kappa shape index (κ3) is 4.85. The second-order valence-electron chi connectivity index (χ2n) is 5.24. The van der Waals surface area contributed by atoms with Crippen molar-refractivity contribution < 1.29 is 13.9 Å². The Hall–Kier alpha value is -0.970. The van der Waals surface area contributed by atoms with E-state index in [9.17, 15) is 4.39 Å². The van der Waals surface area contributed by atoms with Gasteiger partial charge in [-0.25, -0.2) is 4.39 Å². The molecule has 112 valence electrons. The molecule has 0 bridgehead atoms. The van der Waals surface area contributed by atoms with Gasteiger partial charge < -0.3 is 14.8 Å². The van der Waals surface area contributed by atoms with Crippen molar-refractivity contribution in [2.75, 3.05) is 32.9 Å². The molecule has 0 aliphatic carbocycles. The molecule has 0 spiro atoms. The van der Waals surface area contributed by atoms with E-state index < -0.39 is 0 Å². The van der Waals surface area contributed by atoms with Gasteiger partial charge >= 0.3 is 0 Å². The molecule has 1 heterocycles. The van der Waals surface area contributed by atoms with Crippen molar-refractivity contribution in [3.05, 3.63) is 35.6 Å². The van der Waals surface area contributed by atoms with E-state index in [1.54, 1.807) is 12.1 Å². The molecule has 0 amide bonds. The summed E-state index contributed by atoms with van der Waals surface area (Å²) < 4.78 is 24.7.